The third kappa shape index (κ3) is 3.77. The highest BCUT2D eigenvalue weighted by Crippen LogP contribution is 2.14. The van der Waals surface area contributed by atoms with Crippen LogP contribution in [0.25, 0.3) is 0 Å². The fourth-order valence-corrected chi connectivity index (χ4v) is 2.57. The number of hydrogen-bond donors (Lipinski definition) is 2. The van der Waals surface area contributed by atoms with Crippen molar-refractivity contribution in [2.24, 2.45) is 5.73 Å². The summed E-state index contributed by atoms with van der Waals surface area (Å²) in [7, 11) is 0. The van der Waals surface area contributed by atoms with E-state index in [4.69, 9.17) is 18.0 Å². The molecular weight excluding hydrogens is 270 g/mol. The molecule has 0 radical (unpaired) electrons. The van der Waals surface area contributed by atoms with Crippen LogP contribution in [0.1, 0.15) is 31.7 Å². The summed E-state index contributed by atoms with van der Waals surface area (Å²) in [5.41, 5.74) is 7.13. The molecule has 1 amide bonds. The summed E-state index contributed by atoms with van der Waals surface area (Å²) >= 11 is 4.90. The molecule has 0 bridgehead atoms. The lowest BCUT2D eigenvalue weighted by molar-refractivity contribution is -0.121. The maximum absolute atomic E-state index is 12.2. The third-order valence-corrected chi connectivity index (χ3v) is 3.99. The van der Waals surface area contributed by atoms with Crippen LogP contribution in [-0.2, 0) is 4.79 Å². The number of carbonyl (C=O) groups is 1. The molecule has 1 unspecified atom stereocenters. The predicted octanol–water partition coefficient (Wildman–Crippen LogP) is 2.13. The average molecular weight is 291 g/mol. The highest BCUT2D eigenvalue weighted by Gasteiger charge is 2.22. The first-order valence-electron chi connectivity index (χ1n) is 7.02. The first-order chi connectivity index (χ1) is 9.58. The number of amides is 1. The Morgan fingerprint density at radius 2 is 1.85 bits per heavy atom. The van der Waals surface area contributed by atoms with Gasteiger partial charge in [0.15, 0.2) is 0 Å². The van der Waals surface area contributed by atoms with Crippen LogP contribution < -0.4 is 11.1 Å². The van der Waals surface area contributed by atoms with Crippen molar-refractivity contribution >= 4 is 28.8 Å². The second-order valence-corrected chi connectivity index (χ2v) is 5.64. The van der Waals surface area contributed by atoms with E-state index in [0.29, 0.717) is 4.99 Å². The van der Waals surface area contributed by atoms with Crippen LogP contribution in [-0.4, -0.2) is 34.9 Å². The number of thiocarbonyl (C=S) groups is 1. The first-order valence-corrected chi connectivity index (χ1v) is 7.43. The van der Waals surface area contributed by atoms with Gasteiger partial charge in [0.1, 0.15) is 4.99 Å². The summed E-state index contributed by atoms with van der Waals surface area (Å²) in [5.74, 6) is 0.0370. The molecular formula is C15H21N3OS. The first kappa shape index (κ1) is 14.9. The molecule has 1 fully saturated rings. The van der Waals surface area contributed by atoms with E-state index in [2.05, 4.69) is 10.2 Å². The van der Waals surface area contributed by atoms with Crippen molar-refractivity contribution in [1.82, 2.24) is 4.90 Å². The molecule has 108 valence electrons. The average Bonchev–Trinajstić information content (AvgIpc) is 2.48. The van der Waals surface area contributed by atoms with Gasteiger partial charge in [0, 0.05) is 11.3 Å². The fraction of sp³-hybridized carbons (Fsp3) is 0.467. The monoisotopic (exact) mass is 291 g/mol. The van der Waals surface area contributed by atoms with Crippen molar-refractivity contribution in [1.29, 1.82) is 0 Å². The van der Waals surface area contributed by atoms with Crippen LogP contribution >= 0.6 is 12.2 Å². The second kappa shape index (κ2) is 6.81. The standard InChI is InChI=1S/C15H21N3OS/c1-11(18-9-3-2-4-10-18)15(19)17-13-7-5-12(6-8-13)14(16)20/h5-8,11H,2-4,9-10H2,1H3,(H2,16,20)(H,17,19). The Morgan fingerprint density at radius 1 is 1.25 bits per heavy atom. The smallest absolute Gasteiger partial charge is 0.241 e. The Morgan fingerprint density at radius 3 is 2.40 bits per heavy atom. The summed E-state index contributed by atoms with van der Waals surface area (Å²) in [4.78, 5) is 14.8. The zero-order valence-electron chi connectivity index (χ0n) is 11.8. The maximum Gasteiger partial charge on any atom is 0.241 e. The molecule has 1 aliphatic rings. The van der Waals surface area contributed by atoms with E-state index in [1.165, 1.54) is 19.3 Å². The predicted molar refractivity (Wildman–Crippen MR) is 85.8 cm³/mol. The molecule has 1 aromatic rings. The molecule has 1 atom stereocenters. The molecule has 1 heterocycles. The van der Waals surface area contributed by atoms with Crippen molar-refractivity contribution in [2.45, 2.75) is 32.2 Å². The number of anilines is 1. The highest BCUT2D eigenvalue weighted by atomic mass is 32.1. The Labute approximate surface area is 125 Å². The van der Waals surface area contributed by atoms with Crippen molar-refractivity contribution in [2.75, 3.05) is 18.4 Å². The molecule has 0 spiro atoms. The van der Waals surface area contributed by atoms with Crippen molar-refractivity contribution in [3.05, 3.63) is 29.8 Å². The normalized spacial score (nSPS) is 17.4. The zero-order chi connectivity index (χ0) is 14.5. The number of hydrogen-bond acceptors (Lipinski definition) is 3. The largest absolute Gasteiger partial charge is 0.389 e. The van der Waals surface area contributed by atoms with Crippen molar-refractivity contribution in [3.8, 4) is 0 Å². The number of rotatable bonds is 4. The van der Waals surface area contributed by atoms with Gasteiger partial charge in [-0.15, -0.1) is 0 Å². The minimum absolute atomic E-state index is 0.0370. The molecule has 2 rings (SSSR count). The Kier molecular flexibility index (Phi) is 5.09. The number of nitrogens with two attached hydrogens (primary N) is 1. The SMILES string of the molecule is CC(C(=O)Nc1ccc(C(N)=S)cc1)N1CCCCC1. The van der Waals surface area contributed by atoms with Crippen LogP contribution in [0.5, 0.6) is 0 Å². The minimum Gasteiger partial charge on any atom is -0.389 e. The van der Waals surface area contributed by atoms with Gasteiger partial charge in [-0.2, -0.15) is 0 Å². The lowest BCUT2D eigenvalue weighted by Crippen LogP contribution is -2.44. The van der Waals surface area contributed by atoms with Gasteiger partial charge in [-0.25, -0.2) is 0 Å². The Bertz CT molecular complexity index is 480. The van der Waals surface area contributed by atoms with Crippen molar-refractivity contribution in [3.63, 3.8) is 0 Å². The maximum atomic E-state index is 12.2. The van der Waals surface area contributed by atoms with Crippen LogP contribution in [0, 0.1) is 0 Å². The van der Waals surface area contributed by atoms with Crippen LogP contribution in [0.2, 0.25) is 0 Å². The van der Waals surface area contributed by atoms with E-state index in [9.17, 15) is 4.79 Å². The molecule has 1 saturated heterocycles. The molecule has 0 saturated carbocycles. The van der Waals surface area contributed by atoms with Gasteiger partial charge in [0.05, 0.1) is 6.04 Å². The molecule has 1 aromatic carbocycles. The number of nitrogens with zero attached hydrogens (tertiary/aromatic N) is 1. The van der Waals surface area contributed by atoms with Crippen LogP contribution in [0.4, 0.5) is 5.69 Å². The lowest BCUT2D eigenvalue weighted by atomic mass is 10.1. The quantitative estimate of drug-likeness (QED) is 0.834. The summed E-state index contributed by atoms with van der Waals surface area (Å²) in [5, 5.41) is 2.94. The molecule has 1 aliphatic heterocycles. The Balaban J connectivity index is 1.94. The molecule has 3 N–H and O–H groups in total. The highest BCUT2D eigenvalue weighted by molar-refractivity contribution is 7.80. The number of benzene rings is 1. The van der Waals surface area contributed by atoms with Crippen molar-refractivity contribution < 1.29 is 4.79 Å². The summed E-state index contributed by atoms with van der Waals surface area (Å²) < 4.78 is 0. The number of carbonyl (C=O) groups excluding carboxylic acids is 1. The summed E-state index contributed by atoms with van der Waals surface area (Å²) in [6, 6.07) is 7.21. The van der Waals surface area contributed by atoms with E-state index in [1.54, 1.807) is 0 Å². The zero-order valence-corrected chi connectivity index (χ0v) is 12.6. The van der Waals surface area contributed by atoms with E-state index < -0.39 is 0 Å². The van der Waals surface area contributed by atoms with E-state index in [-0.39, 0.29) is 11.9 Å². The van der Waals surface area contributed by atoms with Gasteiger partial charge < -0.3 is 11.1 Å². The van der Waals surface area contributed by atoms with Crippen LogP contribution in [0.15, 0.2) is 24.3 Å². The number of piperidine rings is 1. The third-order valence-electron chi connectivity index (χ3n) is 3.75. The fourth-order valence-electron chi connectivity index (χ4n) is 2.44. The van der Waals surface area contributed by atoms with Gasteiger partial charge in [-0.3, -0.25) is 9.69 Å². The van der Waals surface area contributed by atoms with E-state index in [1.807, 2.05) is 31.2 Å². The Hall–Kier alpha value is -1.46. The van der Waals surface area contributed by atoms with Gasteiger partial charge in [-0.1, -0.05) is 18.6 Å². The van der Waals surface area contributed by atoms with E-state index >= 15 is 0 Å². The van der Waals surface area contributed by atoms with Gasteiger partial charge in [0.25, 0.3) is 0 Å². The summed E-state index contributed by atoms with van der Waals surface area (Å²) in [6.45, 7) is 3.98. The minimum atomic E-state index is -0.0921. The molecule has 4 nitrogen and oxygen atoms in total. The number of likely N-dealkylation sites (tertiary alicyclic amines) is 1. The molecule has 20 heavy (non-hydrogen) atoms. The molecule has 0 aromatic heterocycles. The molecule has 0 aliphatic carbocycles. The second-order valence-electron chi connectivity index (χ2n) is 5.20. The van der Waals surface area contributed by atoms with Crippen LogP contribution in [0.3, 0.4) is 0 Å². The van der Waals surface area contributed by atoms with Gasteiger partial charge in [0.2, 0.25) is 5.91 Å². The molecule has 5 heteroatoms. The van der Waals surface area contributed by atoms with E-state index in [0.717, 1.165) is 24.3 Å². The number of nitrogens with one attached hydrogen (secondary N) is 1. The topological polar surface area (TPSA) is 58.4 Å². The lowest BCUT2D eigenvalue weighted by Gasteiger charge is -2.31. The van der Waals surface area contributed by atoms with Gasteiger partial charge in [-0.05, 0) is 57.1 Å². The van der Waals surface area contributed by atoms with Gasteiger partial charge >= 0.3 is 0 Å². The summed E-state index contributed by atoms with van der Waals surface area (Å²) in [6.07, 6.45) is 3.63.